The van der Waals surface area contributed by atoms with Gasteiger partial charge in [0.05, 0.1) is 24.6 Å². The highest BCUT2D eigenvalue weighted by Gasteiger charge is 2.09. The average Bonchev–Trinajstić information content (AvgIpc) is 2.21. The average molecular weight is 241 g/mol. The minimum Gasteiger partial charge on any atom is -0.478 e. The molecule has 16 heavy (non-hydrogen) atoms. The van der Waals surface area contributed by atoms with Gasteiger partial charge in [0.1, 0.15) is 0 Å². The molecule has 0 aliphatic carbocycles. The van der Waals surface area contributed by atoms with E-state index in [2.05, 4.69) is 9.71 Å². The van der Waals surface area contributed by atoms with Gasteiger partial charge in [0.2, 0.25) is 15.9 Å². The molecule has 0 fully saturated rings. The first-order valence-electron chi connectivity index (χ1n) is 4.53. The highest BCUT2D eigenvalue weighted by atomic mass is 32.2. The maximum absolute atomic E-state index is 11.2. The number of ether oxygens (including phenoxy) is 1. The number of hydrogen-bond donors (Lipinski definition) is 1. The van der Waals surface area contributed by atoms with Crippen molar-refractivity contribution in [2.45, 2.75) is 6.92 Å². The minimum absolute atomic E-state index is 0.304. The molecule has 0 radical (unpaired) electrons. The predicted octanol–water partition coefficient (Wildman–Crippen LogP) is 0.746. The molecule has 7 heteroatoms. The summed E-state index contributed by atoms with van der Waals surface area (Å²) in [6, 6.07) is 4.63. The van der Waals surface area contributed by atoms with Crippen LogP contribution in [-0.4, -0.2) is 25.8 Å². The van der Waals surface area contributed by atoms with E-state index in [0.29, 0.717) is 18.2 Å². The Bertz CT molecular complexity index is 476. The Balaban J connectivity index is 2.73. The van der Waals surface area contributed by atoms with Crippen LogP contribution in [-0.2, 0) is 10.0 Å². The Morgan fingerprint density at radius 1 is 1.56 bits per heavy atom. The molecule has 6 nitrogen and oxygen atoms in total. The summed E-state index contributed by atoms with van der Waals surface area (Å²) in [5.41, 5.74) is 0.304. The van der Waals surface area contributed by atoms with Crippen LogP contribution in [0.3, 0.4) is 0 Å². The van der Waals surface area contributed by atoms with Crippen molar-refractivity contribution in [1.29, 1.82) is 5.26 Å². The SMILES string of the molecule is CCOc1ccc(NS(=O)(=O)CC#N)cn1. The lowest BCUT2D eigenvalue weighted by atomic mass is 10.4. The fraction of sp³-hybridized carbons (Fsp3) is 0.333. The van der Waals surface area contributed by atoms with Crippen molar-refractivity contribution >= 4 is 15.7 Å². The fourth-order valence-corrected chi connectivity index (χ4v) is 1.70. The number of nitrogens with one attached hydrogen (secondary N) is 1. The van der Waals surface area contributed by atoms with Crippen LogP contribution in [0.25, 0.3) is 0 Å². The van der Waals surface area contributed by atoms with E-state index < -0.39 is 15.8 Å². The quantitative estimate of drug-likeness (QED) is 0.821. The zero-order chi connectivity index (χ0) is 12.0. The van der Waals surface area contributed by atoms with Crippen LogP contribution in [0.1, 0.15) is 6.92 Å². The third-order valence-electron chi connectivity index (χ3n) is 1.56. The Labute approximate surface area is 93.9 Å². The number of hydrogen-bond acceptors (Lipinski definition) is 5. The molecule has 1 aromatic heterocycles. The second-order valence-corrected chi connectivity index (χ2v) is 4.56. The molecule has 0 bridgehead atoms. The van der Waals surface area contributed by atoms with E-state index >= 15 is 0 Å². The van der Waals surface area contributed by atoms with Crippen LogP contribution in [0.2, 0.25) is 0 Å². The lowest BCUT2D eigenvalue weighted by Crippen LogP contribution is -2.15. The number of nitrogens with zero attached hydrogens (tertiary/aromatic N) is 2. The molecule has 0 unspecified atom stereocenters. The molecule has 1 N–H and O–H groups in total. The number of pyridine rings is 1. The predicted molar refractivity (Wildman–Crippen MR) is 58.4 cm³/mol. The van der Waals surface area contributed by atoms with Gasteiger partial charge in [-0.15, -0.1) is 0 Å². The Morgan fingerprint density at radius 2 is 2.31 bits per heavy atom. The van der Waals surface area contributed by atoms with Crippen LogP contribution in [0, 0.1) is 11.3 Å². The normalized spacial score (nSPS) is 10.5. The van der Waals surface area contributed by atoms with E-state index in [1.807, 2.05) is 6.92 Å². The minimum atomic E-state index is -3.60. The summed E-state index contributed by atoms with van der Waals surface area (Å²) in [4.78, 5) is 3.88. The molecule has 0 amide bonds. The molecule has 0 saturated carbocycles. The third-order valence-corrected chi connectivity index (χ3v) is 2.61. The number of nitriles is 1. The van der Waals surface area contributed by atoms with Crippen molar-refractivity contribution in [1.82, 2.24) is 4.98 Å². The molecular weight excluding hydrogens is 230 g/mol. The van der Waals surface area contributed by atoms with Gasteiger partial charge in [0, 0.05) is 6.07 Å². The van der Waals surface area contributed by atoms with E-state index in [4.69, 9.17) is 10.00 Å². The third kappa shape index (κ3) is 3.74. The Kier molecular flexibility index (Phi) is 4.08. The van der Waals surface area contributed by atoms with Gasteiger partial charge in [-0.3, -0.25) is 4.72 Å². The molecule has 0 atom stereocenters. The largest absolute Gasteiger partial charge is 0.478 e. The Hall–Kier alpha value is -1.81. The first kappa shape index (κ1) is 12.3. The van der Waals surface area contributed by atoms with Gasteiger partial charge >= 0.3 is 0 Å². The second-order valence-electron chi connectivity index (χ2n) is 2.84. The van der Waals surface area contributed by atoms with Crippen molar-refractivity contribution in [3.8, 4) is 11.9 Å². The number of aromatic nitrogens is 1. The lowest BCUT2D eigenvalue weighted by Gasteiger charge is -2.05. The monoisotopic (exact) mass is 241 g/mol. The molecular formula is C9H11N3O3S. The highest BCUT2D eigenvalue weighted by molar-refractivity contribution is 7.92. The molecule has 0 saturated heterocycles. The summed E-state index contributed by atoms with van der Waals surface area (Å²) >= 11 is 0. The van der Waals surface area contributed by atoms with E-state index in [9.17, 15) is 8.42 Å². The summed E-state index contributed by atoms with van der Waals surface area (Å²) < 4.78 is 29.8. The van der Waals surface area contributed by atoms with Crippen LogP contribution in [0.5, 0.6) is 5.88 Å². The van der Waals surface area contributed by atoms with Gasteiger partial charge in [-0.25, -0.2) is 13.4 Å². The van der Waals surface area contributed by atoms with Crippen molar-refractivity contribution in [3.63, 3.8) is 0 Å². The van der Waals surface area contributed by atoms with Crippen LogP contribution < -0.4 is 9.46 Å². The second kappa shape index (κ2) is 5.32. The van der Waals surface area contributed by atoms with Crippen LogP contribution in [0.4, 0.5) is 5.69 Å². The van der Waals surface area contributed by atoms with Gasteiger partial charge in [-0.1, -0.05) is 0 Å². The zero-order valence-corrected chi connectivity index (χ0v) is 9.49. The topological polar surface area (TPSA) is 92.1 Å². The highest BCUT2D eigenvalue weighted by Crippen LogP contribution is 2.12. The van der Waals surface area contributed by atoms with Crippen molar-refractivity contribution < 1.29 is 13.2 Å². The van der Waals surface area contributed by atoms with Gasteiger partial charge in [-0.05, 0) is 13.0 Å². The van der Waals surface area contributed by atoms with E-state index in [1.165, 1.54) is 12.3 Å². The summed E-state index contributed by atoms with van der Waals surface area (Å²) in [6.07, 6.45) is 1.33. The smallest absolute Gasteiger partial charge is 0.246 e. The van der Waals surface area contributed by atoms with Gasteiger partial charge in [-0.2, -0.15) is 5.26 Å². The number of sulfonamides is 1. The molecule has 1 rings (SSSR count). The van der Waals surface area contributed by atoms with Crippen molar-refractivity contribution in [2.75, 3.05) is 17.1 Å². The van der Waals surface area contributed by atoms with Crippen LogP contribution in [0.15, 0.2) is 18.3 Å². The summed E-state index contributed by atoms with van der Waals surface area (Å²) in [7, 11) is -3.60. The lowest BCUT2D eigenvalue weighted by molar-refractivity contribution is 0.327. The molecule has 0 spiro atoms. The van der Waals surface area contributed by atoms with Gasteiger partial charge < -0.3 is 4.74 Å². The number of rotatable bonds is 5. The van der Waals surface area contributed by atoms with E-state index in [1.54, 1.807) is 12.1 Å². The maximum atomic E-state index is 11.2. The van der Waals surface area contributed by atoms with E-state index in [0.717, 1.165) is 0 Å². The summed E-state index contributed by atoms with van der Waals surface area (Å²) in [5.74, 6) is -0.161. The molecule has 0 aliphatic heterocycles. The van der Waals surface area contributed by atoms with Gasteiger partial charge in [0.15, 0.2) is 5.75 Å². The molecule has 0 aliphatic rings. The summed E-state index contributed by atoms with van der Waals surface area (Å²) in [5, 5.41) is 8.29. The fourth-order valence-electron chi connectivity index (χ4n) is 0.975. The Morgan fingerprint density at radius 3 is 2.81 bits per heavy atom. The number of anilines is 1. The van der Waals surface area contributed by atoms with E-state index in [-0.39, 0.29) is 0 Å². The standard InChI is InChI=1S/C9H11N3O3S/c1-2-15-9-4-3-8(7-11-9)12-16(13,14)6-5-10/h3-4,7,12H,2,6H2,1H3. The zero-order valence-electron chi connectivity index (χ0n) is 8.67. The molecule has 1 heterocycles. The van der Waals surface area contributed by atoms with Crippen molar-refractivity contribution in [3.05, 3.63) is 18.3 Å². The first-order valence-corrected chi connectivity index (χ1v) is 6.19. The van der Waals surface area contributed by atoms with Crippen molar-refractivity contribution in [2.24, 2.45) is 0 Å². The molecule has 1 aromatic rings. The molecule has 86 valence electrons. The van der Waals surface area contributed by atoms with Crippen LogP contribution >= 0.6 is 0 Å². The molecule has 0 aromatic carbocycles. The first-order chi connectivity index (χ1) is 7.57. The maximum Gasteiger partial charge on any atom is 0.246 e. The summed E-state index contributed by atoms with van der Waals surface area (Å²) in [6.45, 7) is 2.32. The van der Waals surface area contributed by atoms with Gasteiger partial charge in [0.25, 0.3) is 0 Å².